The average Bonchev–Trinajstić information content (AvgIpc) is 3.07. The fourth-order valence-electron chi connectivity index (χ4n) is 3.38. The number of para-hydroxylation sites is 1. The zero-order chi connectivity index (χ0) is 16.5. The van der Waals surface area contributed by atoms with Gasteiger partial charge < -0.3 is 9.42 Å². The molecule has 1 aliphatic rings. The molecule has 0 saturated carbocycles. The van der Waals surface area contributed by atoms with Crippen molar-refractivity contribution in [3.63, 3.8) is 0 Å². The van der Waals surface area contributed by atoms with Crippen molar-refractivity contribution in [3.8, 4) is 6.07 Å². The molecule has 24 heavy (non-hydrogen) atoms. The molecule has 4 rings (SSSR count). The lowest BCUT2D eigenvalue weighted by Crippen LogP contribution is -2.33. The first-order valence-corrected chi connectivity index (χ1v) is 8.09. The van der Waals surface area contributed by atoms with Crippen molar-refractivity contribution in [2.24, 2.45) is 0 Å². The lowest BCUT2D eigenvalue weighted by Gasteiger charge is -2.33. The third-order valence-corrected chi connectivity index (χ3v) is 4.57. The summed E-state index contributed by atoms with van der Waals surface area (Å²) in [7, 11) is 0. The minimum atomic E-state index is 0.293. The highest BCUT2D eigenvalue weighted by Gasteiger charge is 2.27. The Kier molecular flexibility index (Phi) is 3.62. The highest BCUT2D eigenvalue weighted by Crippen LogP contribution is 2.34. The summed E-state index contributed by atoms with van der Waals surface area (Å²) >= 11 is 0. The second-order valence-corrected chi connectivity index (χ2v) is 6.09. The largest absolute Gasteiger partial charge is 0.370 e. The molecule has 0 unspecified atom stereocenters. The molecular formula is C18H17N5O. The first-order valence-electron chi connectivity index (χ1n) is 8.09. The monoisotopic (exact) mass is 319 g/mol. The van der Waals surface area contributed by atoms with E-state index in [0.717, 1.165) is 48.4 Å². The second-order valence-electron chi connectivity index (χ2n) is 6.09. The molecule has 0 atom stereocenters. The Morgan fingerprint density at radius 1 is 1.25 bits per heavy atom. The number of anilines is 1. The van der Waals surface area contributed by atoms with E-state index in [1.165, 1.54) is 0 Å². The summed E-state index contributed by atoms with van der Waals surface area (Å²) in [5.41, 5.74) is 2.53. The Balaban J connectivity index is 1.64. The molecular weight excluding hydrogens is 302 g/mol. The van der Waals surface area contributed by atoms with Crippen LogP contribution in [0, 0.1) is 18.3 Å². The fourth-order valence-corrected chi connectivity index (χ4v) is 3.38. The number of aryl methyl sites for hydroxylation is 1. The zero-order valence-electron chi connectivity index (χ0n) is 13.4. The molecule has 1 fully saturated rings. The van der Waals surface area contributed by atoms with Gasteiger partial charge in [0.05, 0.1) is 16.8 Å². The first-order chi connectivity index (χ1) is 11.8. The van der Waals surface area contributed by atoms with Crippen molar-refractivity contribution < 1.29 is 4.52 Å². The number of benzene rings is 1. The minimum Gasteiger partial charge on any atom is -0.370 e. The van der Waals surface area contributed by atoms with Crippen LogP contribution in [0.15, 0.2) is 35.0 Å². The van der Waals surface area contributed by atoms with Crippen LogP contribution in [0.3, 0.4) is 0 Å². The van der Waals surface area contributed by atoms with Crippen LogP contribution in [0.5, 0.6) is 0 Å². The molecule has 0 amide bonds. The summed E-state index contributed by atoms with van der Waals surface area (Å²) < 4.78 is 5.32. The predicted octanol–water partition coefficient (Wildman–Crippen LogP) is 3.18. The lowest BCUT2D eigenvalue weighted by atomic mass is 9.95. The molecule has 0 bridgehead atoms. The Hall–Kier alpha value is -2.94. The topological polar surface area (TPSA) is 78.8 Å². The fraction of sp³-hybridized carbons (Fsp3) is 0.333. The van der Waals surface area contributed by atoms with Crippen molar-refractivity contribution in [2.75, 3.05) is 18.0 Å². The van der Waals surface area contributed by atoms with Gasteiger partial charge in [-0.15, -0.1) is 0 Å². The molecule has 3 heterocycles. The molecule has 0 radical (unpaired) electrons. The van der Waals surface area contributed by atoms with Crippen LogP contribution in [0.1, 0.15) is 36.0 Å². The van der Waals surface area contributed by atoms with E-state index in [0.29, 0.717) is 17.3 Å². The molecule has 1 saturated heterocycles. The number of nitriles is 1. The van der Waals surface area contributed by atoms with Crippen LogP contribution < -0.4 is 4.90 Å². The number of fused-ring (bicyclic) bond motifs is 1. The van der Waals surface area contributed by atoms with E-state index >= 15 is 0 Å². The van der Waals surface area contributed by atoms with Crippen molar-refractivity contribution >= 4 is 16.6 Å². The summed E-state index contributed by atoms with van der Waals surface area (Å²) in [5.74, 6) is 1.70. The molecule has 120 valence electrons. The smallest absolute Gasteiger partial charge is 0.229 e. The van der Waals surface area contributed by atoms with Gasteiger partial charge >= 0.3 is 0 Å². The van der Waals surface area contributed by atoms with Crippen molar-refractivity contribution in [2.45, 2.75) is 25.7 Å². The molecule has 6 nitrogen and oxygen atoms in total. The van der Waals surface area contributed by atoms with E-state index in [1.807, 2.05) is 31.2 Å². The van der Waals surface area contributed by atoms with Crippen LogP contribution in [0.2, 0.25) is 0 Å². The van der Waals surface area contributed by atoms with Gasteiger partial charge in [-0.3, -0.25) is 4.98 Å². The van der Waals surface area contributed by atoms with Gasteiger partial charge in [-0.1, -0.05) is 23.4 Å². The summed E-state index contributed by atoms with van der Waals surface area (Å²) in [5, 5.41) is 14.4. The molecule has 0 N–H and O–H groups in total. The van der Waals surface area contributed by atoms with Crippen molar-refractivity contribution in [1.82, 2.24) is 15.1 Å². The quantitative estimate of drug-likeness (QED) is 0.722. The minimum absolute atomic E-state index is 0.293. The Bertz CT molecular complexity index is 919. The first kappa shape index (κ1) is 14.6. The number of pyridine rings is 1. The van der Waals surface area contributed by atoms with Gasteiger partial charge in [-0.25, -0.2) is 0 Å². The Labute approximate surface area is 139 Å². The van der Waals surface area contributed by atoms with E-state index in [9.17, 15) is 5.26 Å². The SMILES string of the molecule is Cc1noc(C2CCN(c3c(C#N)cnc4ccccc34)CC2)n1. The van der Waals surface area contributed by atoms with E-state index in [-0.39, 0.29) is 0 Å². The van der Waals surface area contributed by atoms with Crippen LogP contribution in [0.25, 0.3) is 10.9 Å². The highest BCUT2D eigenvalue weighted by atomic mass is 16.5. The number of piperidine rings is 1. The summed E-state index contributed by atoms with van der Waals surface area (Å²) in [6.07, 6.45) is 3.54. The number of aromatic nitrogens is 3. The third-order valence-electron chi connectivity index (χ3n) is 4.57. The van der Waals surface area contributed by atoms with Gasteiger partial charge in [-0.05, 0) is 25.8 Å². The maximum atomic E-state index is 9.49. The van der Waals surface area contributed by atoms with Crippen LogP contribution in [-0.4, -0.2) is 28.2 Å². The van der Waals surface area contributed by atoms with E-state index < -0.39 is 0 Å². The molecule has 6 heteroatoms. The van der Waals surface area contributed by atoms with Crippen LogP contribution in [0.4, 0.5) is 5.69 Å². The van der Waals surface area contributed by atoms with Gasteiger partial charge in [0.15, 0.2) is 5.82 Å². The van der Waals surface area contributed by atoms with Gasteiger partial charge in [0.25, 0.3) is 0 Å². The van der Waals surface area contributed by atoms with Crippen molar-refractivity contribution in [1.29, 1.82) is 5.26 Å². The van der Waals surface area contributed by atoms with Gasteiger partial charge in [0, 0.05) is 30.6 Å². The van der Waals surface area contributed by atoms with E-state index in [1.54, 1.807) is 6.20 Å². The number of rotatable bonds is 2. The zero-order valence-corrected chi connectivity index (χ0v) is 13.4. The number of hydrogen-bond donors (Lipinski definition) is 0. The molecule has 0 aliphatic carbocycles. The number of nitrogens with zero attached hydrogens (tertiary/aromatic N) is 5. The maximum absolute atomic E-state index is 9.49. The highest BCUT2D eigenvalue weighted by molar-refractivity contribution is 5.94. The lowest BCUT2D eigenvalue weighted by molar-refractivity contribution is 0.327. The van der Waals surface area contributed by atoms with Gasteiger partial charge in [0.1, 0.15) is 6.07 Å². The summed E-state index contributed by atoms with van der Waals surface area (Å²) in [6, 6.07) is 10.3. The van der Waals surface area contributed by atoms with Crippen molar-refractivity contribution in [3.05, 3.63) is 47.7 Å². The summed E-state index contributed by atoms with van der Waals surface area (Å²) in [4.78, 5) is 11.0. The average molecular weight is 319 g/mol. The molecule has 2 aromatic heterocycles. The predicted molar refractivity (Wildman–Crippen MR) is 89.7 cm³/mol. The van der Waals surface area contributed by atoms with Crippen LogP contribution >= 0.6 is 0 Å². The molecule has 1 aliphatic heterocycles. The maximum Gasteiger partial charge on any atom is 0.229 e. The van der Waals surface area contributed by atoms with E-state index in [2.05, 4.69) is 26.1 Å². The number of hydrogen-bond acceptors (Lipinski definition) is 6. The second kappa shape index (κ2) is 5.93. The Morgan fingerprint density at radius 2 is 2.04 bits per heavy atom. The molecule has 0 spiro atoms. The Morgan fingerprint density at radius 3 is 2.75 bits per heavy atom. The van der Waals surface area contributed by atoms with Gasteiger partial charge in [0.2, 0.25) is 5.89 Å². The van der Waals surface area contributed by atoms with E-state index in [4.69, 9.17) is 4.52 Å². The molecule has 3 aromatic rings. The normalized spacial score (nSPS) is 15.6. The summed E-state index contributed by atoms with van der Waals surface area (Å²) in [6.45, 7) is 3.55. The van der Waals surface area contributed by atoms with Gasteiger partial charge in [-0.2, -0.15) is 10.2 Å². The van der Waals surface area contributed by atoms with Crippen LogP contribution in [-0.2, 0) is 0 Å². The standard InChI is InChI=1S/C18H17N5O/c1-12-21-18(24-22-12)13-6-8-23(9-7-13)17-14(10-19)11-20-16-5-3-2-4-15(16)17/h2-5,11,13H,6-9H2,1H3. The third kappa shape index (κ3) is 2.48. The molecule has 1 aromatic carbocycles.